The summed E-state index contributed by atoms with van der Waals surface area (Å²) < 4.78 is 16.8. The number of aryl methyl sites for hydroxylation is 1. The van der Waals surface area contributed by atoms with Crippen LogP contribution in [0.4, 0.5) is 10.2 Å². The molecule has 162 valence electrons. The molecule has 0 fully saturated rings. The Bertz CT molecular complexity index is 1340. The largest absolute Gasteiger partial charge is 0.396 e. The van der Waals surface area contributed by atoms with Crippen LogP contribution in [-0.2, 0) is 6.54 Å². The van der Waals surface area contributed by atoms with E-state index in [2.05, 4.69) is 10.4 Å². The van der Waals surface area contributed by atoms with Crippen molar-refractivity contribution >= 4 is 5.82 Å². The molecule has 2 aromatic carbocycles. The Morgan fingerprint density at radius 1 is 1.09 bits per heavy atom. The number of hydrogen-bond acceptors (Lipinski definition) is 5. The Morgan fingerprint density at radius 2 is 1.88 bits per heavy atom. The molecule has 2 N–H and O–H groups in total. The van der Waals surface area contributed by atoms with Crippen LogP contribution in [0.15, 0.2) is 65.5 Å². The number of aliphatic hydroxyl groups excluding tert-OH is 1. The number of aliphatic hydroxyl groups is 1. The third-order valence-electron chi connectivity index (χ3n) is 5.72. The van der Waals surface area contributed by atoms with Gasteiger partial charge in [-0.3, -0.25) is 4.79 Å². The van der Waals surface area contributed by atoms with E-state index in [1.165, 1.54) is 22.9 Å². The van der Waals surface area contributed by atoms with Gasteiger partial charge in [0, 0.05) is 37.2 Å². The molecule has 2 aromatic heterocycles. The van der Waals surface area contributed by atoms with E-state index in [1.54, 1.807) is 18.2 Å². The van der Waals surface area contributed by atoms with Crippen molar-refractivity contribution in [3.05, 3.63) is 82.4 Å². The van der Waals surface area contributed by atoms with Crippen molar-refractivity contribution in [2.75, 3.05) is 18.5 Å². The van der Waals surface area contributed by atoms with Crippen LogP contribution < -0.4 is 10.9 Å². The van der Waals surface area contributed by atoms with Crippen molar-refractivity contribution in [3.8, 4) is 28.2 Å². The van der Waals surface area contributed by atoms with Gasteiger partial charge in [-0.05, 0) is 48.9 Å². The van der Waals surface area contributed by atoms with Crippen LogP contribution in [0.2, 0.25) is 0 Å². The smallest absolute Gasteiger partial charge is 0.271 e. The molecular formula is C24H22FN5O2. The fourth-order valence-electron chi connectivity index (χ4n) is 4.02. The lowest BCUT2D eigenvalue weighted by Crippen LogP contribution is -2.30. The van der Waals surface area contributed by atoms with Gasteiger partial charge in [0.05, 0.1) is 16.9 Å². The van der Waals surface area contributed by atoms with Crippen LogP contribution in [0, 0.1) is 18.7 Å². The van der Waals surface area contributed by atoms with Gasteiger partial charge in [-0.15, -0.1) is 0 Å². The van der Waals surface area contributed by atoms with E-state index < -0.39 is 0 Å². The molecule has 0 spiro atoms. The summed E-state index contributed by atoms with van der Waals surface area (Å²) in [5.41, 5.74) is 4.07. The molecule has 1 aliphatic rings. The Morgan fingerprint density at radius 3 is 2.62 bits per heavy atom. The number of hydrogen-bond donors (Lipinski definition) is 2. The van der Waals surface area contributed by atoms with E-state index in [1.807, 2.05) is 35.9 Å². The van der Waals surface area contributed by atoms with Gasteiger partial charge in [0.25, 0.3) is 5.56 Å². The average molecular weight is 431 g/mol. The zero-order valence-corrected chi connectivity index (χ0v) is 17.5. The van der Waals surface area contributed by atoms with Crippen molar-refractivity contribution in [3.63, 3.8) is 0 Å². The van der Waals surface area contributed by atoms with Gasteiger partial charge < -0.3 is 10.4 Å². The minimum Gasteiger partial charge on any atom is -0.396 e. The summed E-state index contributed by atoms with van der Waals surface area (Å²) in [5, 5.41) is 22.4. The summed E-state index contributed by atoms with van der Waals surface area (Å²) >= 11 is 0. The zero-order chi connectivity index (χ0) is 22.2. The van der Waals surface area contributed by atoms with Crippen LogP contribution in [0.5, 0.6) is 0 Å². The maximum Gasteiger partial charge on any atom is 0.271 e. The molecular weight excluding hydrogens is 409 g/mol. The molecule has 1 aliphatic heterocycles. The minimum atomic E-state index is -0.330. The van der Waals surface area contributed by atoms with Crippen molar-refractivity contribution in [2.45, 2.75) is 13.5 Å². The lowest BCUT2D eigenvalue weighted by atomic mass is 10.0. The molecule has 1 atom stereocenters. The number of nitrogens with one attached hydrogen (secondary N) is 1. The molecule has 0 saturated carbocycles. The average Bonchev–Trinajstić information content (AvgIpc) is 3.19. The Labute approximate surface area is 183 Å². The number of anilines is 1. The molecule has 32 heavy (non-hydrogen) atoms. The quantitative estimate of drug-likeness (QED) is 0.518. The molecule has 7 nitrogen and oxygen atoms in total. The molecule has 0 radical (unpaired) electrons. The summed E-state index contributed by atoms with van der Waals surface area (Å²) in [6.07, 6.45) is 0. The molecule has 0 bridgehead atoms. The van der Waals surface area contributed by atoms with Crippen LogP contribution >= 0.6 is 0 Å². The molecule has 0 saturated heterocycles. The van der Waals surface area contributed by atoms with Crippen LogP contribution in [0.3, 0.4) is 0 Å². The number of rotatable bonds is 4. The highest BCUT2D eigenvalue weighted by Crippen LogP contribution is 2.38. The number of para-hydroxylation sites is 1. The Hall–Kier alpha value is -3.78. The molecule has 4 aromatic rings. The van der Waals surface area contributed by atoms with E-state index in [0.29, 0.717) is 30.2 Å². The van der Waals surface area contributed by atoms with Crippen LogP contribution in [0.1, 0.15) is 5.56 Å². The third kappa shape index (κ3) is 3.48. The van der Waals surface area contributed by atoms with Gasteiger partial charge in [0.1, 0.15) is 17.3 Å². The van der Waals surface area contributed by atoms with Crippen LogP contribution in [0.25, 0.3) is 28.2 Å². The molecule has 0 aliphatic carbocycles. The lowest BCUT2D eigenvalue weighted by Gasteiger charge is -2.24. The standard InChI is InChI=1S/C24H22FN5O2/c1-15-4-2-3-5-20(15)30-21(32)11-10-19(27-30)22-23(17-6-8-18(25)9-7-17)28-29-13-16(14-31)12-26-24(22)29/h2-11,16,26,31H,12-14H2,1H3/t16-/m0/s1. The molecule has 8 heteroatoms. The molecule has 3 heterocycles. The number of aromatic nitrogens is 4. The van der Waals surface area contributed by atoms with E-state index in [0.717, 1.165) is 22.5 Å². The van der Waals surface area contributed by atoms with Crippen LogP contribution in [-0.4, -0.2) is 37.8 Å². The fraction of sp³-hybridized carbons (Fsp3) is 0.208. The van der Waals surface area contributed by atoms with E-state index >= 15 is 0 Å². The normalized spacial score (nSPS) is 15.3. The Balaban J connectivity index is 1.72. The predicted molar refractivity (Wildman–Crippen MR) is 120 cm³/mol. The van der Waals surface area contributed by atoms with Crippen molar-refractivity contribution in [1.29, 1.82) is 0 Å². The first-order valence-corrected chi connectivity index (χ1v) is 10.4. The summed E-state index contributed by atoms with van der Waals surface area (Å²) in [4.78, 5) is 12.7. The molecule has 0 amide bonds. The summed E-state index contributed by atoms with van der Waals surface area (Å²) in [7, 11) is 0. The Kier molecular flexibility index (Phi) is 5.07. The van der Waals surface area contributed by atoms with Crippen molar-refractivity contribution in [2.24, 2.45) is 5.92 Å². The van der Waals surface area contributed by atoms with Gasteiger partial charge >= 0.3 is 0 Å². The van der Waals surface area contributed by atoms with E-state index in [9.17, 15) is 14.3 Å². The monoisotopic (exact) mass is 431 g/mol. The number of benzene rings is 2. The number of halogens is 1. The molecule has 0 unspecified atom stereocenters. The highest BCUT2D eigenvalue weighted by Gasteiger charge is 2.27. The van der Waals surface area contributed by atoms with Gasteiger partial charge in [0.2, 0.25) is 0 Å². The van der Waals surface area contributed by atoms with E-state index in [4.69, 9.17) is 5.10 Å². The lowest BCUT2D eigenvalue weighted by molar-refractivity contribution is 0.209. The minimum absolute atomic E-state index is 0.0326. The number of nitrogens with zero attached hydrogens (tertiary/aromatic N) is 4. The van der Waals surface area contributed by atoms with Gasteiger partial charge in [-0.1, -0.05) is 18.2 Å². The van der Waals surface area contributed by atoms with Gasteiger partial charge in [-0.25, -0.2) is 9.07 Å². The predicted octanol–water partition coefficient (Wildman–Crippen LogP) is 3.24. The summed E-state index contributed by atoms with van der Waals surface area (Å²) in [6.45, 7) is 3.11. The topological polar surface area (TPSA) is 85.0 Å². The first-order valence-electron chi connectivity index (χ1n) is 10.4. The SMILES string of the molecule is Cc1ccccc1-n1nc(-c2c(-c3ccc(F)cc3)nn3c2NC[C@H](CO)C3)ccc1=O. The highest BCUT2D eigenvalue weighted by molar-refractivity contribution is 5.87. The summed E-state index contributed by atoms with van der Waals surface area (Å²) in [6, 6.07) is 16.9. The number of fused-ring (bicyclic) bond motifs is 1. The van der Waals surface area contributed by atoms with Gasteiger partial charge in [-0.2, -0.15) is 14.9 Å². The summed E-state index contributed by atoms with van der Waals surface area (Å²) in [5.74, 6) is 0.464. The first kappa shape index (κ1) is 20.1. The maximum absolute atomic E-state index is 13.6. The fourth-order valence-corrected chi connectivity index (χ4v) is 4.02. The zero-order valence-electron chi connectivity index (χ0n) is 17.5. The third-order valence-corrected chi connectivity index (χ3v) is 5.72. The first-order chi connectivity index (χ1) is 15.5. The van der Waals surface area contributed by atoms with Crippen molar-refractivity contribution < 1.29 is 9.50 Å². The van der Waals surface area contributed by atoms with E-state index in [-0.39, 0.29) is 23.9 Å². The maximum atomic E-state index is 13.6. The second-order valence-corrected chi connectivity index (χ2v) is 7.95. The highest BCUT2D eigenvalue weighted by atomic mass is 19.1. The van der Waals surface area contributed by atoms with Gasteiger partial charge in [0.15, 0.2) is 0 Å². The van der Waals surface area contributed by atoms with Crippen molar-refractivity contribution in [1.82, 2.24) is 19.6 Å². The second kappa shape index (κ2) is 8.05. The second-order valence-electron chi connectivity index (χ2n) is 7.95. The molecule has 5 rings (SSSR count).